The van der Waals surface area contributed by atoms with Crippen LogP contribution in [0.15, 0.2) is 0 Å². The molecule has 172 valence electrons. The summed E-state index contributed by atoms with van der Waals surface area (Å²) in [5.74, 6) is 8.29. The number of carbonyl (C=O) groups is 1. The molecular weight excluding hydrogens is 384 g/mol. The molecule has 3 nitrogen and oxygen atoms in total. The predicted molar refractivity (Wildman–Crippen MR) is 119 cm³/mol. The SMILES string of the molecule is CCC1CC(CC)C2C3OC(CC3C(=O)OC3(CC)CC4CC3C3C5CCC(C5)C43)C12. The van der Waals surface area contributed by atoms with Gasteiger partial charge in [0.1, 0.15) is 5.60 Å². The monoisotopic (exact) mass is 426 g/mol. The van der Waals surface area contributed by atoms with Crippen molar-refractivity contribution in [1.82, 2.24) is 0 Å². The van der Waals surface area contributed by atoms with Crippen molar-refractivity contribution in [1.29, 1.82) is 0 Å². The van der Waals surface area contributed by atoms with Crippen LogP contribution in [0.5, 0.6) is 0 Å². The minimum absolute atomic E-state index is 0.00860. The summed E-state index contributed by atoms with van der Waals surface area (Å²) in [6.45, 7) is 6.98. The second-order valence-corrected chi connectivity index (χ2v) is 12.8. The normalized spacial score (nSPS) is 60.0. The number of ether oxygens (including phenoxy) is 2. The Labute approximate surface area is 188 Å². The van der Waals surface area contributed by atoms with Crippen LogP contribution in [-0.2, 0) is 14.3 Å². The molecule has 3 heteroatoms. The fourth-order valence-electron chi connectivity index (χ4n) is 11.4. The highest BCUT2D eigenvalue weighted by Crippen LogP contribution is 2.71. The Hall–Kier alpha value is -0.570. The summed E-state index contributed by atoms with van der Waals surface area (Å²) < 4.78 is 13.2. The number of hydrogen-bond acceptors (Lipinski definition) is 3. The van der Waals surface area contributed by atoms with Crippen molar-refractivity contribution < 1.29 is 14.3 Å². The molecule has 0 spiro atoms. The summed E-state index contributed by atoms with van der Waals surface area (Å²) in [7, 11) is 0. The molecule has 14 unspecified atom stereocenters. The molecule has 0 N–H and O–H groups in total. The van der Waals surface area contributed by atoms with Gasteiger partial charge in [0.15, 0.2) is 0 Å². The molecule has 5 saturated carbocycles. The molecule has 7 fully saturated rings. The van der Waals surface area contributed by atoms with Crippen molar-refractivity contribution in [3.8, 4) is 0 Å². The van der Waals surface area contributed by atoms with Gasteiger partial charge in [-0.05, 0) is 105 Å². The quantitative estimate of drug-likeness (QED) is 0.408. The van der Waals surface area contributed by atoms with Crippen molar-refractivity contribution in [2.45, 2.75) is 103 Å². The molecule has 0 aromatic rings. The van der Waals surface area contributed by atoms with Crippen LogP contribution in [0.1, 0.15) is 85.0 Å². The summed E-state index contributed by atoms with van der Waals surface area (Å²) in [6.07, 6.45) is 13.2. The molecule has 14 atom stereocenters. The van der Waals surface area contributed by atoms with E-state index in [-0.39, 0.29) is 23.6 Å². The Morgan fingerprint density at radius 3 is 2.35 bits per heavy atom. The lowest BCUT2D eigenvalue weighted by atomic mass is 9.65. The zero-order valence-corrected chi connectivity index (χ0v) is 19.8. The second kappa shape index (κ2) is 6.73. The Morgan fingerprint density at radius 1 is 0.871 bits per heavy atom. The topological polar surface area (TPSA) is 35.5 Å². The molecular formula is C28H42O3. The Morgan fingerprint density at radius 2 is 1.61 bits per heavy atom. The van der Waals surface area contributed by atoms with Crippen LogP contribution < -0.4 is 0 Å². The molecule has 7 rings (SSSR count). The zero-order chi connectivity index (χ0) is 21.1. The van der Waals surface area contributed by atoms with Crippen LogP contribution in [0.4, 0.5) is 0 Å². The summed E-state index contributed by atoms with van der Waals surface area (Å²) in [4.78, 5) is 13.7. The maximum atomic E-state index is 13.7. The molecule has 2 saturated heterocycles. The van der Waals surface area contributed by atoms with Gasteiger partial charge in [-0.2, -0.15) is 0 Å². The average Bonchev–Trinajstić information content (AvgIpc) is 3.59. The van der Waals surface area contributed by atoms with E-state index >= 15 is 0 Å². The van der Waals surface area contributed by atoms with Crippen LogP contribution in [0, 0.1) is 65.1 Å². The third-order valence-electron chi connectivity index (χ3n) is 12.3. The van der Waals surface area contributed by atoms with Gasteiger partial charge in [0.25, 0.3) is 0 Å². The van der Waals surface area contributed by atoms with Crippen molar-refractivity contribution in [2.24, 2.45) is 65.1 Å². The van der Waals surface area contributed by atoms with Crippen molar-refractivity contribution in [3.05, 3.63) is 0 Å². The molecule has 31 heavy (non-hydrogen) atoms. The molecule has 0 radical (unpaired) electrons. The van der Waals surface area contributed by atoms with Gasteiger partial charge in [0.2, 0.25) is 0 Å². The molecule has 5 aliphatic carbocycles. The third kappa shape index (κ3) is 2.43. The fraction of sp³-hybridized carbons (Fsp3) is 0.964. The lowest BCUT2D eigenvalue weighted by molar-refractivity contribution is -0.180. The van der Waals surface area contributed by atoms with Crippen LogP contribution >= 0.6 is 0 Å². The first-order chi connectivity index (χ1) is 15.1. The van der Waals surface area contributed by atoms with Gasteiger partial charge in [-0.3, -0.25) is 4.79 Å². The van der Waals surface area contributed by atoms with Crippen LogP contribution in [0.3, 0.4) is 0 Å². The van der Waals surface area contributed by atoms with E-state index in [0.29, 0.717) is 23.9 Å². The number of esters is 1. The van der Waals surface area contributed by atoms with Gasteiger partial charge >= 0.3 is 5.97 Å². The average molecular weight is 427 g/mol. The molecule has 2 aliphatic heterocycles. The van der Waals surface area contributed by atoms with Gasteiger partial charge in [-0.15, -0.1) is 0 Å². The maximum absolute atomic E-state index is 13.7. The number of rotatable bonds is 5. The van der Waals surface area contributed by atoms with Crippen LogP contribution in [0.2, 0.25) is 0 Å². The molecule has 2 heterocycles. The van der Waals surface area contributed by atoms with E-state index in [0.717, 1.165) is 60.7 Å². The zero-order valence-electron chi connectivity index (χ0n) is 19.8. The van der Waals surface area contributed by atoms with Crippen LogP contribution in [0.25, 0.3) is 0 Å². The van der Waals surface area contributed by atoms with E-state index in [1.165, 1.54) is 44.9 Å². The molecule has 0 aromatic carbocycles. The number of carbonyl (C=O) groups excluding carboxylic acids is 1. The third-order valence-corrected chi connectivity index (χ3v) is 12.3. The van der Waals surface area contributed by atoms with E-state index in [1.807, 2.05) is 0 Å². The van der Waals surface area contributed by atoms with Gasteiger partial charge in [-0.1, -0.05) is 33.6 Å². The lowest BCUT2D eigenvalue weighted by Gasteiger charge is -2.46. The number of hydrogen-bond donors (Lipinski definition) is 0. The smallest absolute Gasteiger partial charge is 0.312 e. The van der Waals surface area contributed by atoms with E-state index in [4.69, 9.17) is 9.47 Å². The van der Waals surface area contributed by atoms with Gasteiger partial charge in [0.05, 0.1) is 18.1 Å². The highest BCUT2D eigenvalue weighted by molar-refractivity contribution is 5.74. The lowest BCUT2D eigenvalue weighted by Crippen LogP contribution is -2.49. The van der Waals surface area contributed by atoms with E-state index < -0.39 is 0 Å². The van der Waals surface area contributed by atoms with E-state index in [9.17, 15) is 4.79 Å². The largest absolute Gasteiger partial charge is 0.458 e. The molecule has 0 amide bonds. The van der Waals surface area contributed by atoms with E-state index in [2.05, 4.69) is 20.8 Å². The summed E-state index contributed by atoms with van der Waals surface area (Å²) >= 11 is 0. The molecule has 6 bridgehead atoms. The minimum Gasteiger partial charge on any atom is -0.458 e. The summed E-state index contributed by atoms with van der Waals surface area (Å²) in [6, 6.07) is 0. The van der Waals surface area contributed by atoms with Gasteiger partial charge in [0, 0.05) is 5.92 Å². The summed E-state index contributed by atoms with van der Waals surface area (Å²) in [5, 5.41) is 0. The van der Waals surface area contributed by atoms with Gasteiger partial charge < -0.3 is 9.47 Å². The Balaban J connectivity index is 1.10. The van der Waals surface area contributed by atoms with Gasteiger partial charge in [-0.25, -0.2) is 0 Å². The number of fused-ring (bicyclic) bond motifs is 14. The van der Waals surface area contributed by atoms with E-state index in [1.54, 1.807) is 0 Å². The fourth-order valence-corrected chi connectivity index (χ4v) is 11.4. The molecule has 0 aromatic heterocycles. The van der Waals surface area contributed by atoms with Crippen molar-refractivity contribution in [3.63, 3.8) is 0 Å². The first-order valence-electron chi connectivity index (χ1n) is 14.0. The Kier molecular flexibility index (Phi) is 4.31. The summed E-state index contributed by atoms with van der Waals surface area (Å²) in [5.41, 5.74) is -0.152. The predicted octanol–water partition coefficient (Wildman–Crippen LogP) is 5.86. The Bertz CT molecular complexity index is 763. The standard InChI is InChI=1S/C28H42O3/c1-4-14-9-15(5-2)25-24(14)21-12-19(26(25)30-21)27(29)31-28(6-3)13-18-11-20(28)23-17-8-7-16(10-17)22(18)23/h14-26H,4-13H2,1-3H3. The highest BCUT2D eigenvalue weighted by Gasteiger charge is 2.69. The van der Waals surface area contributed by atoms with Crippen molar-refractivity contribution >= 4 is 5.97 Å². The highest BCUT2D eigenvalue weighted by atomic mass is 16.6. The first kappa shape index (κ1) is 19.9. The first-order valence-corrected chi connectivity index (χ1v) is 14.0. The second-order valence-electron chi connectivity index (χ2n) is 12.8. The van der Waals surface area contributed by atoms with Crippen molar-refractivity contribution in [2.75, 3.05) is 0 Å². The van der Waals surface area contributed by atoms with Crippen LogP contribution in [-0.4, -0.2) is 23.8 Å². The minimum atomic E-state index is -0.152. The maximum Gasteiger partial charge on any atom is 0.312 e. The molecule has 7 aliphatic rings.